The topological polar surface area (TPSA) is 92.0 Å². The lowest BCUT2D eigenvalue weighted by atomic mass is 10.2. The van der Waals surface area contributed by atoms with Gasteiger partial charge in [-0.25, -0.2) is 9.78 Å². The molecule has 0 bridgehead atoms. The highest BCUT2D eigenvalue weighted by Crippen LogP contribution is 2.28. The van der Waals surface area contributed by atoms with Crippen LogP contribution >= 0.6 is 15.9 Å². The lowest BCUT2D eigenvalue weighted by Crippen LogP contribution is -2.22. The Bertz CT molecular complexity index is 1250. The Hall–Kier alpha value is -3.20. The molecule has 0 aliphatic rings. The summed E-state index contributed by atoms with van der Waals surface area (Å²) in [7, 11) is 0. The Balaban J connectivity index is 1.91. The van der Waals surface area contributed by atoms with Gasteiger partial charge in [0.15, 0.2) is 18.1 Å². The lowest BCUT2D eigenvalue weighted by Gasteiger charge is -2.13. The molecule has 0 fully saturated rings. The third-order valence-electron chi connectivity index (χ3n) is 4.65. The molecule has 34 heavy (non-hydrogen) atoms. The van der Waals surface area contributed by atoms with E-state index in [0.29, 0.717) is 46.8 Å². The number of esters is 1. The predicted octanol–water partition coefficient (Wildman–Crippen LogP) is 4.72. The summed E-state index contributed by atoms with van der Waals surface area (Å²) in [5, 5.41) is 4.93. The minimum atomic E-state index is -0.457. The molecule has 0 unspecified atom stereocenters. The molecule has 0 aliphatic heterocycles. The van der Waals surface area contributed by atoms with Gasteiger partial charge in [0.05, 0.1) is 29.8 Å². The minimum Gasteiger partial charge on any atom is -0.490 e. The summed E-state index contributed by atoms with van der Waals surface area (Å²) >= 11 is 3.41. The first-order valence-corrected chi connectivity index (χ1v) is 12.0. The molecule has 1 aromatic heterocycles. The first-order chi connectivity index (χ1) is 16.3. The van der Waals surface area contributed by atoms with Crippen molar-refractivity contribution in [1.82, 2.24) is 9.66 Å². The predicted molar refractivity (Wildman–Crippen MR) is 135 cm³/mol. The third kappa shape index (κ3) is 6.44. The van der Waals surface area contributed by atoms with Crippen molar-refractivity contribution in [3.63, 3.8) is 0 Å². The average molecular weight is 530 g/mol. The van der Waals surface area contributed by atoms with Gasteiger partial charge in [0.2, 0.25) is 0 Å². The van der Waals surface area contributed by atoms with E-state index in [1.54, 1.807) is 44.3 Å². The van der Waals surface area contributed by atoms with Crippen molar-refractivity contribution in [2.75, 3.05) is 13.2 Å². The standard InChI is InChI=1S/C25H28BrN3O5/c1-5-7-23-28-20-10-9-18(26)13-19(20)25(31)29(23)27-14-17-8-11-21(22(12-17)32-6-2)33-15-24(30)34-16(3)4/h8-14,16H,5-7,15H2,1-4H3. The van der Waals surface area contributed by atoms with E-state index in [-0.39, 0.29) is 18.3 Å². The molecule has 0 aliphatic carbocycles. The summed E-state index contributed by atoms with van der Waals surface area (Å²) in [5.74, 6) is 1.01. The van der Waals surface area contributed by atoms with E-state index in [0.717, 1.165) is 10.9 Å². The number of fused-ring (bicyclic) bond motifs is 1. The smallest absolute Gasteiger partial charge is 0.344 e. The van der Waals surface area contributed by atoms with E-state index < -0.39 is 5.97 Å². The van der Waals surface area contributed by atoms with Gasteiger partial charge in [-0.2, -0.15) is 9.78 Å². The van der Waals surface area contributed by atoms with E-state index in [1.165, 1.54) is 4.68 Å². The summed E-state index contributed by atoms with van der Waals surface area (Å²) in [6, 6.07) is 10.6. The summed E-state index contributed by atoms with van der Waals surface area (Å²) in [6.45, 7) is 7.62. The Morgan fingerprint density at radius 1 is 1.15 bits per heavy atom. The van der Waals surface area contributed by atoms with Gasteiger partial charge in [0.25, 0.3) is 5.56 Å². The summed E-state index contributed by atoms with van der Waals surface area (Å²) in [4.78, 5) is 29.6. The molecule has 0 N–H and O–H groups in total. The molecule has 2 aromatic carbocycles. The molecule has 0 saturated carbocycles. The Morgan fingerprint density at radius 2 is 1.94 bits per heavy atom. The maximum atomic E-state index is 13.1. The van der Waals surface area contributed by atoms with Crippen molar-refractivity contribution >= 4 is 39.0 Å². The number of aromatic nitrogens is 2. The van der Waals surface area contributed by atoms with Crippen LogP contribution in [-0.4, -0.2) is 41.2 Å². The quantitative estimate of drug-likeness (QED) is 0.278. The van der Waals surface area contributed by atoms with Gasteiger partial charge in [-0.1, -0.05) is 22.9 Å². The molecule has 180 valence electrons. The van der Waals surface area contributed by atoms with Crippen molar-refractivity contribution in [2.24, 2.45) is 5.10 Å². The monoisotopic (exact) mass is 529 g/mol. The number of ether oxygens (including phenoxy) is 3. The number of halogens is 1. The molecular weight excluding hydrogens is 502 g/mol. The fourth-order valence-corrected chi connectivity index (χ4v) is 3.61. The lowest BCUT2D eigenvalue weighted by molar-refractivity contribution is -0.149. The summed E-state index contributed by atoms with van der Waals surface area (Å²) in [5.41, 5.74) is 1.10. The highest BCUT2D eigenvalue weighted by molar-refractivity contribution is 9.10. The fraction of sp³-hybridized carbons (Fsp3) is 0.360. The number of hydrogen-bond donors (Lipinski definition) is 0. The maximum Gasteiger partial charge on any atom is 0.344 e. The summed E-state index contributed by atoms with van der Waals surface area (Å²) in [6.07, 6.45) is 2.80. The highest BCUT2D eigenvalue weighted by Gasteiger charge is 2.12. The van der Waals surface area contributed by atoms with Crippen LogP contribution < -0.4 is 15.0 Å². The summed E-state index contributed by atoms with van der Waals surface area (Å²) < 4.78 is 18.5. The van der Waals surface area contributed by atoms with E-state index in [2.05, 4.69) is 26.0 Å². The van der Waals surface area contributed by atoms with Crippen LogP contribution in [0.15, 0.2) is 50.8 Å². The number of nitrogens with zero attached hydrogens (tertiary/aromatic N) is 3. The Kier molecular flexibility index (Phi) is 8.81. The van der Waals surface area contributed by atoms with E-state index in [4.69, 9.17) is 14.2 Å². The molecule has 9 heteroatoms. The second kappa shape index (κ2) is 11.8. The van der Waals surface area contributed by atoms with Gasteiger partial charge in [-0.3, -0.25) is 4.79 Å². The molecule has 0 atom stereocenters. The van der Waals surface area contributed by atoms with Gasteiger partial charge in [-0.05, 0) is 69.2 Å². The van der Waals surface area contributed by atoms with Crippen LogP contribution in [0.25, 0.3) is 10.9 Å². The maximum absolute atomic E-state index is 13.1. The van der Waals surface area contributed by atoms with Gasteiger partial charge >= 0.3 is 5.97 Å². The zero-order valence-corrected chi connectivity index (χ0v) is 21.3. The second-order valence-electron chi connectivity index (χ2n) is 7.77. The molecule has 8 nitrogen and oxygen atoms in total. The van der Waals surface area contributed by atoms with Crippen LogP contribution in [0.2, 0.25) is 0 Å². The van der Waals surface area contributed by atoms with E-state index in [1.807, 2.05) is 26.0 Å². The Labute approximate surface area is 206 Å². The highest BCUT2D eigenvalue weighted by atomic mass is 79.9. The zero-order valence-electron chi connectivity index (χ0n) is 19.7. The zero-order chi connectivity index (χ0) is 24.7. The van der Waals surface area contributed by atoms with Crippen LogP contribution in [0.5, 0.6) is 11.5 Å². The van der Waals surface area contributed by atoms with Gasteiger partial charge in [0, 0.05) is 10.9 Å². The molecule has 0 spiro atoms. The van der Waals surface area contributed by atoms with Crippen molar-refractivity contribution in [3.8, 4) is 11.5 Å². The van der Waals surface area contributed by atoms with Gasteiger partial charge < -0.3 is 14.2 Å². The molecule has 3 rings (SSSR count). The normalized spacial score (nSPS) is 11.4. The molecule has 0 amide bonds. The molecule has 0 radical (unpaired) electrons. The number of carbonyl (C=O) groups excluding carboxylic acids is 1. The number of hydrogen-bond acceptors (Lipinski definition) is 7. The minimum absolute atomic E-state index is 0.215. The second-order valence-corrected chi connectivity index (χ2v) is 8.68. The average Bonchev–Trinajstić information content (AvgIpc) is 2.79. The largest absolute Gasteiger partial charge is 0.490 e. The molecule has 0 saturated heterocycles. The van der Waals surface area contributed by atoms with Crippen molar-refractivity contribution in [2.45, 2.75) is 46.6 Å². The first kappa shape index (κ1) is 25.4. The molecule has 1 heterocycles. The van der Waals surface area contributed by atoms with Gasteiger partial charge in [0.1, 0.15) is 5.82 Å². The number of benzene rings is 2. The van der Waals surface area contributed by atoms with Crippen molar-refractivity contribution in [1.29, 1.82) is 0 Å². The number of rotatable bonds is 10. The van der Waals surface area contributed by atoms with Crippen LogP contribution in [0.1, 0.15) is 45.5 Å². The third-order valence-corrected chi connectivity index (χ3v) is 5.14. The van der Waals surface area contributed by atoms with Gasteiger partial charge in [-0.15, -0.1) is 0 Å². The van der Waals surface area contributed by atoms with Crippen LogP contribution in [0, 0.1) is 0 Å². The van der Waals surface area contributed by atoms with Crippen molar-refractivity contribution in [3.05, 3.63) is 62.6 Å². The van der Waals surface area contributed by atoms with Crippen molar-refractivity contribution < 1.29 is 19.0 Å². The van der Waals surface area contributed by atoms with Crippen LogP contribution in [0.4, 0.5) is 0 Å². The fourth-order valence-electron chi connectivity index (χ4n) is 3.25. The van der Waals surface area contributed by atoms with E-state index >= 15 is 0 Å². The molecular formula is C25H28BrN3O5. The number of carbonyl (C=O) groups is 1. The van der Waals surface area contributed by atoms with Crippen LogP contribution in [0.3, 0.4) is 0 Å². The first-order valence-electron chi connectivity index (χ1n) is 11.2. The molecule has 3 aromatic rings. The van der Waals surface area contributed by atoms with E-state index in [9.17, 15) is 9.59 Å². The van der Waals surface area contributed by atoms with Crippen LogP contribution in [-0.2, 0) is 16.0 Å². The Morgan fingerprint density at radius 3 is 2.65 bits per heavy atom. The SMILES string of the molecule is CCCc1nc2ccc(Br)cc2c(=O)n1N=Cc1ccc(OCC(=O)OC(C)C)c(OCC)c1. The number of aryl methyl sites for hydroxylation is 1.